The highest BCUT2D eigenvalue weighted by Gasteiger charge is 2.34. The molecule has 0 aliphatic carbocycles. The van der Waals surface area contributed by atoms with Crippen LogP contribution >= 0.6 is 0 Å². The average molecular weight is 352 g/mol. The fraction of sp³-hybridized carbons (Fsp3) is 0.409. The minimum atomic E-state index is -0.304. The molecule has 138 valence electrons. The van der Waals surface area contributed by atoms with E-state index >= 15 is 0 Å². The van der Waals surface area contributed by atoms with Crippen LogP contribution in [-0.4, -0.2) is 31.3 Å². The molecule has 26 heavy (non-hydrogen) atoms. The molecule has 1 heterocycles. The van der Waals surface area contributed by atoms with E-state index in [-0.39, 0.29) is 24.2 Å². The minimum Gasteiger partial charge on any atom is -0.445 e. The van der Waals surface area contributed by atoms with Crippen molar-refractivity contribution in [2.24, 2.45) is 0 Å². The van der Waals surface area contributed by atoms with E-state index in [0.717, 1.165) is 19.3 Å². The van der Waals surface area contributed by atoms with Gasteiger partial charge in [-0.2, -0.15) is 0 Å². The summed E-state index contributed by atoms with van der Waals surface area (Å²) < 4.78 is 5.60. The molecule has 1 amide bonds. The molecule has 1 saturated heterocycles. The standard InChI is InChI=1S/C22H28N2O2/c1-2-3-14-23-22(25)26-19-15-20(24-16-19)21(17-10-6-4-7-11-17)18-12-8-5-9-13-18/h4-13,19-21,24H,2-3,14-16H2,1H3,(H,23,25)/t19-,20+/m0/s1. The molecule has 1 aliphatic rings. The number of carbonyl (C=O) groups excluding carboxylic acids is 1. The topological polar surface area (TPSA) is 50.4 Å². The Morgan fingerprint density at radius 1 is 1.12 bits per heavy atom. The van der Waals surface area contributed by atoms with Crippen LogP contribution in [0.2, 0.25) is 0 Å². The summed E-state index contributed by atoms with van der Waals surface area (Å²) in [6.07, 6.45) is 2.46. The highest BCUT2D eigenvalue weighted by atomic mass is 16.6. The van der Waals surface area contributed by atoms with Gasteiger partial charge in [-0.05, 0) is 17.5 Å². The smallest absolute Gasteiger partial charge is 0.407 e. The van der Waals surface area contributed by atoms with Crippen molar-refractivity contribution in [1.82, 2.24) is 10.6 Å². The lowest BCUT2D eigenvalue weighted by atomic mass is 9.84. The van der Waals surface area contributed by atoms with Crippen LogP contribution in [0.3, 0.4) is 0 Å². The average Bonchev–Trinajstić information content (AvgIpc) is 3.12. The van der Waals surface area contributed by atoms with Crippen LogP contribution < -0.4 is 10.6 Å². The van der Waals surface area contributed by atoms with Gasteiger partial charge in [0.15, 0.2) is 0 Å². The molecule has 0 unspecified atom stereocenters. The fourth-order valence-corrected chi connectivity index (χ4v) is 3.61. The van der Waals surface area contributed by atoms with Gasteiger partial charge in [0.05, 0.1) is 0 Å². The van der Waals surface area contributed by atoms with Gasteiger partial charge in [0.2, 0.25) is 0 Å². The number of hydrogen-bond donors (Lipinski definition) is 2. The predicted molar refractivity (Wildman–Crippen MR) is 104 cm³/mol. The molecule has 2 aromatic carbocycles. The third-order valence-corrected chi connectivity index (χ3v) is 4.92. The number of amides is 1. The zero-order chi connectivity index (χ0) is 18.2. The Labute approximate surface area is 156 Å². The zero-order valence-corrected chi connectivity index (χ0v) is 15.4. The van der Waals surface area contributed by atoms with Crippen molar-refractivity contribution >= 4 is 6.09 Å². The summed E-state index contributed by atoms with van der Waals surface area (Å²) in [5.41, 5.74) is 2.56. The van der Waals surface area contributed by atoms with Gasteiger partial charge in [-0.3, -0.25) is 0 Å². The SMILES string of the molecule is CCCCNC(=O)O[C@@H]1CN[C@@H](C(c2ccccc2)c2ccccc2)C1. The molecule has 4 heteroatoms. The van der Waals surface area contributed by atoms with E-state index in [9.17, 15) is 4.79 Å². The Bertz CT molecular complexity index is 636. The minimum absolute atomic E-state index is 0.0865. The third kappa shape index (κ3) is 4.85. The first-order valence-corrected chi connectivity index (χ1v) is 9.55. The summed E-state index contributed by atoms with van der Waals surface area (Å²) in [5.74, 6) is 0.245. The molecular weight excluding hydrogens is 324 g/mol. The first kappa shape index (κ1) is 18.5. The quantitative estimate of drug-likeness (QED) is 0.739. The predicted octanol–water partition coefficient (Wildman–Crippen LogP) is 4.08. The van der Waals surface area contributed by atoms with E-state index in [0.29, 0.717) is 13.1 Å². The van der Waals surface area contributed by atoms with E-state index in [1.54, 1.807) is 0 Å². The van der Waals surface area contributed by atoms with Gasteiger partial charge in [0.1, 0.15) is 6.10 Å². The molecule has 2 aromatic rings. The van der Waals surface area contributed by atoms with Gasteiger partial charge in [-0.1, -0.05) is 74.0 Å². The summed E-state index contributed by atoms with van der Waals surface area (Å²) >= 11 is 0. The van der Waals surface area contributed by atoms with E-state index in [4.69, 9.17) is 4.74 Å². The molecule has 0 aromatic heterocycles. The summed E-state index contributed by atoms with van der Waals surface area (Å²) in [5, 5.41) is 6.40. The van der Waals surface area contributed by atoms with Crippen molar-refractivity contribution in [2.45, 2.75) is 44.2 Å². The van der Waals surface area contributed by atoms with Gasteiger partial charge >= 0.3 is 6.09 Å². The molecule has 1 aliphatic heterocycles. The highest BCUT2D eigenvalue weighted by Crippen LogP contribution is 2.32. The molecule has 0 spiro atoms. The third-order valence-electron chi connectivity index (χ3n) is 4.92. The van der Waals surface area contributed by atoms with Gasteiger partial charge in [0, 0.05) is 31.5 Å². The molecule has 0 radical (unpaired) electrons. The second-order valence-electron chi connectivity index (χ2n) is 6.86. The molecule has 3 rings (SSSR count). The van der Waals surface area contributed by atoms with Crippen LogP contribution in [0, 0.1) is 0 Å². The monoisotopic (exact) mass is 352 g/mol. The lowest BCUT2D eigenvalue weighted by Crippen LogP contribution is -2.30. The maximum absolute atomic E-state index is 11.9. The number of rotatable bonds is 7. The Hall–Kier alpha value is -2.33. The Morgan fingerprint density at radius 3 is 2.31 bits per heavy atom. The van der Waals surface area contributed by atoms with Crippen LogP contribution in [0.4, 0.5) is 4.79 Å². The van der Waals surface area contributed by atoms with E-state index in [2.05, 4.69) is 66.1 Å². The van der Waals surface area contributed by atoms with E-state index < -0.39 is 0 Å². The van der Waals surface area contributed by atoms with E-state index in [1.807, 2.05) is 12.1 Å². The Morgan fingerprint density at radius 2 is 1.73 bits per heavy atom. The summed E-state index contributed by atoms with van der Waals surface area (Å²) in [7, 11) is 0. The maximum Gasteiger partial charge on any atom is 0.407 e. The van der Waals surface area contributed by atoms with Crippen LogP contribution in [-0.2, 0) is 4.74 Å². The number of nitrogens with one attached hydrogen (secondary N) is 2. The summed E-state index contributed by atoms with van der Waals surface area (Å²) in [6, 6.07) is 21.3. The Balaban J connectivity index is 1.66. The molecule has 1 fully saturated rings. The van der Waals surface area contributed by atoms with Crippen molar-refractivity contribution in [3.8, 4) is 0 Å². The number of alkyl carbamates (subject to hydrolysis) is 1. The second-order valence-corrected chi connectivity index (χ2v) is 6.86. The first-order valence-electron chi connectivity index (χ1n) is 9.55. The molecule has 2 N–H and O–H groups in total. The van der Waals surface area contributed by atoms with Crippen molar-refractivity contribution < 1.29 is 9.53 Å². The van der Waals surface area contributed by atoms with Gasteiger partial charge in [-0.25, -0.2) is 4.79 Å². The normalized spacial score (nSPS) is 19.5. The number of hydrogen-bond acceptors (Lipinski definition) is 3. The van der Waals surface area contributed by atoms with Gasteiger partial charge in [0.25, 0.3) is 0 Å². The van der Waals surface area contributed by atoms with Crippen molar-refractivity contribution in [3.05, 3.63) is 71.8 Å². The van der Waals surface area contributed by atoms with E-state index in [1.165, 1.54) is 11.1 Å². The second kappa shape index (κ2) is 9.39. The van der Waals surface area contributed by atoms with Crippen LogP contribution in [0.25, 0.3) is 0 Å². The highest BCUT2D eigenvalue weighted by molar-refractivity contribution is 5.67. The lowest BCUT2D eigenvalue weighted by Gasteiger charge is -2.25. The van der Waals surface area contributed by atoms with Crippen molar-refractivity contribution in [1.29, 1.82) is 0 Å². The van der Waals surface area contributed by atoms with Crippen molar-refractivity contribution in [2.75, 3.05) is 13.1 Å². The van der Waals surface area contributed by atoms with Crippen LogP contribution in [0.1, 0.15) is 43.2 Å². The largest absolute Gasteiger partial charge is 0.445 e. The van der Waals surface area contributed by atoms with Crippen LogP contribution in [0.15, 0.2) is 60.7 Å². The number of ether oxygens (including phenoxy) is 1. The maximum atomic E-state index is 11.9. The van der Waals surface area contributed by atoms with Gasteiger partial charge < -0.3 is 15.4 Å². The zero-order valence-electron chi connectivity index (χ0n) is 15.4. The van der Waals surface area contributed by atoms with Crippen LogP contribution in [0.5, 0.6) is 0 Å². The van der Waals surface area contributed by atoms with Crippen molar-refractivity contribution in [3.63, 3.8) is 0 Å². The summed E-state index contributed by atoms with van der Waals surface area (Å²) in [6.45, 7) is 3.48. The van der Waals surface area contributed by atoms with Gasteiger partial charge in [-0.15, -0.1) is 0 Å². The number of carbonyl (C=O) groups is 1. The molecule has 4 nitrogen and oxygen atoms in total. The summed E-state index contributed by atoms with van der Waals surface area (Å²) in [4.78, 5) is 11.9. The molecule has 2 atom stereocenters. The number of unbranched alkanes of at least 4 members (excludes halogenated alkanes) is 1. The molecular formula is C22H28N2O2. The molecule has 0 saturated carbocycles. The number of benzene rings is 2. The fourth-order valence-electron chi connectivity index (χ4n) is 3.61. The lowest BCUT2D eigenvalue weighted by molar-refractivity contribution is 0.106. The molecule has 0 bridgehead atoms. The Kier molecular flexibility index (Phi) is 6.67. The first-order chi connectivity index (χ1) is 12.8.